The zero-order chi connectivity index (χ0) is 19.2. The lowest BCUT2D eigenvalue weighted by molar-refractivity contribution is 0.293. The van der Waals surface area contributed by atoms with Crippen molar-refractivity contribution in [3.05, 3.63) is 36.4 Å². The summed E-state index contributed by atoms with van der Waals surface area (Å²) in [6.45, 7) is 3.30. The first kappa shape index (κ1) is 20.6. The lowest BCUT2D eigenvalue weighted by Gasteiger charge is -2.21. The number of hydrogen-bond acceptors (Lipinski definition) is 6. The summed E-state index contributed by atoms with van der Waals surface area (Å²) in [4.78, 5) is 4.32. The molecule has 0 heterocycles. The summed E-state index contributed by atoms with van der Waals surface area (Å²) in [6, 6.07) is 11.0. The number of sulfonamides is 1. The van der Waals surface area contributed by atoms with Gasteiger partial charge in [0.05, 0.1) is 4.90 Å². The van der Waals surface area contributed by atoms with Crippen LogP contribution in [-0.4, -0.2) is 66.7 Å². The third-order valence-electron chi connectivity index (χ3n) is 4.24. The lowest BCUT2D eigenvalue weighted by Crippen LogP contribution is -2.39. The van der Waals surface area contributed by atoms with E-state index in [9.17, 15) is 8.42 Å². The van der Waals surface area contributed by atoms with E-state index in [1.807, 2.05) is 43.3 Å². The Hall–Kier alpha value is -1.71. The van der Waals surface area contributed by atoms with Crippen LogP contribution in [0.25, 0.3) is 10.8 Å². The fraction of sp³-hybridized carbons (Fsp3) is 0.444. The van der Waals surface area contributed by atoms with Crippen molar-refractivity contribution in [2.75, 3.05) is 58.3 Å². The fourth-order valence-corrected chi connectivity index (χ4v) is 4.25. The average molecular weight is 380 g/mol. The van der Waals surface area contributed by atoms with Crippen LogP contribution < -0.4 is 21.1 Å². The number of fused-ring (bicyclic) bond motifs is 1. The average Bonchev–Trinajstić information content (AvgIpc) is 2.60. The van der Waals surface area contributed by atoms with Gasteiger partial charge in [-0.1, -0.05) is 24.3 Å². The van der Waals surface area contributed by atoms with Gasteiger partial charge in [-0.25, -0.2) is 13.1 Å². The van der Waals surface area contributed by atoms with Gasteiger partial charge in [0, 0.05) is 69.8 Å². The number of rotatable bonds is 10. The molecule has 0 fully saturated rings. The molecule has 7 nitrogen and oxygen atoms in total. The summed E-state index contributed by atoms with van der Waals surface area (Å²) in [6.07, 6.45) is 0. The zero-order valence-electron chi connectivity index (χ0n) is 15.5. The quantitative estimate of drug-likeness (QED) is 0.552. The molecule has 2 aromatic rings. The first-order valence-corrected chi connectivity index (χ1v) is 10.2. The van der Waals surface area contributed by atoms with Gasteiger partial charge in [0.1, 0.15) is 0 Å². The molecule has 0 atom stereocenters. The number of nitrogens with one attached hydrogen (secondary N) is 1. The number of nitrogens with two attached hydrogens (primary N) is 2. The first-order chi connectivity index (χ1) is 12.4. The Labute approximate surface area is 156 Å². The normalized spacial score (nSPS) is 12.0. The highest BCUT2D eigenvalue weighted by Crippen LogP contribution is 2.29. The van der Waals surface area contributed by atoms with Gasteiger partial charge in [-0.15, -0.1) is 0 Å². The van der Waals surface area contributed by atoms with Gasteiger partial charge in [0.2, 0.25) is 10.0 Å². The molecule has 0 saturated carbocycles. The molecule has 2 aromatic carbocycles. The Kier molecular flexibility index (Phi) is 7.36. The largest absolute Gasteiger partial charge is 0.377 e. The summed E-state index contributed by atoms with van der Waals surface area (Å²) >= 11 is 0. The molecule has 0 amide bonds. The predicted molar refractivity (Wildman–Crippen MR) is 108 cm³/mol. The van der Waals surface area contributed by atoms with Crippen LogP contribution in [0.1, 0.15) is 0 Å². The first-order valence-electron chi connectivity index (χ1n) is 8.72. The van der Waals surface area contributed by atoms with Gasteiger partial charge in [-0.2, -0.15) is 0 Å². The van der Waals surface area contributed by atoms with Crippen LogP contribution in [0.15, 0.2) is 41.3 Å². The van der Waals surface area contributed by atoms with Crippen molar-refractivity contribution in [3.63, 3.8) is 0 Å². The van der Waals surface area contributed by atoms with E-state index in [1.54, 1.807) is 12.1 Å². The van der Waals surface area contributed by atoms with Crippen molar-refractivity contribution in [1.29, 1.82) is 0 Å². The van der Waals surface area contributed by atoms with Crippen LogP contribution in [0.4, 0.5) is 5.69 Å². The SMILES string of the molecule is CN(C)c1cccc2c(S(=O)(=O)NCCN(CCN)CCN)cccc12. The Morgan fingerprint density at radius 3 is 2.15 bits per heavy atom. The van der Waals surface area contributed by atoms with Crippen LogP contribution in [0.5, 0.6) is 0 Å². The van der Waals surface area contributed by atoms with E-state index in [2.05, 4.69) is 9.62 Å². The second kappa shape index (κ2) is 9.29. The number of nitrogens with zero attached hydrogens (tertiary/aromatic N) is 2. The van der Waals surface area contributed by atoms with Gasteiger partial charge in [0.15, 0.2) is 0 Å². The number of anilines is 1. The van der Waals surface area contributed by atoms with Crippen molar-refractivity contribution in [3.8, 4) is 0 Å². The fourth-order valence-electron chi connectivity index (χ4n) is 3.01. The topological polar surface area (TPSA) is 105 Å². The smallest absolute Gasteiger partial charge is 0.241 e. The molecule has 0 aromatic heterocycles. The van der Waals surface area contributed by atoms with Crippen molar-refractivity contribution in [2.24, 2.45) is 11.5 Å². The third kappa shape index (κ3) is 4.93. The Morgan fingerprint density at radius 1 is 0.923 bits per heavy atom. The van der Waals surface area contributed by atoms with E-state index in [0.29, 0.717) is 49.6 Å². The zero-order valence-corrected chi connectivity index (χ0v) is 16.3. The summed E-state index contributed by atoms with van der Waals surface area (Å²) in [5, 5.41) is 1.63. The molecule has 0 spiro atoms. The minimum Gasteiger partial charge on any atom is -0.377 e. The van der Waals surface area contributed by atoms with Gasteiger partial charge >= 0.3 is 0 Å². The van der Waals surface area contributed by atoms with E-state index in [0.717, 1.165) is 11.1 Å². The van der Waals surface area contributed by atoms with Crippen LogP contribution in [0.2, 0.25) is 0 Å². The summed E-state index contributed by atoms with van der Waals surface area (Å²) < 4.78 is 28.4. The molecular formula is C18H29N5O2S. The second-order valence-corrected chi connectivity index (χ2v) is 8.07. The van der Waals surface area contributed by atoms with Crippen molar-refractivity contribution >= 4 is 26.5 Å². The van der Waals surface area contributed by atoms with Crippen molar-refractivity contribution in [2.45, 2.75) is 4.90 Å². The standard InChI is InChI=1S/C18H29N5O2S/c1-22(2)17-7-3-6-16-15(17)5-4-8-18(16)26(24,25)21-11-14-23(12-9-19)13-10-20/h3-8,21H,9-14,19-20H2,1-2H3. The van der Waals surface area contributed by atoms with Gasteiger partial charge in [0.25, 0.3) is 0 Å². The minimum absolute atomic E-state index is 0.294. The molecule has 5 N–H and O–H groups in total. The van der Waals surface area contributed by atoms with Gasteiger partial charge in [-0.3, -0.25) is 4.90 Å². The maximum atomic E-state index is 12.8. The highest BCUT2D eigenvalue weighted by atomic mass is 32.2. The van der Waals surface area contributed by atoms with E-state index >= 15 is 0 Å². The molecule has 8 heteroatoms. The van der Waals surface area contributed by atoms with E-state index < -0.39 is 10.0 Å². The van der Waals surface area contributed by atoms with Crippen LogP contribution >= 0.6 is 0 Å². The molecule has 0 aliphatic carbocycles. The molecule has 0 saturated heterocycles. The molecule has 26 heavy (non-hydrogen) atoms. The molecule has 0 bridgehead atoms. The molecule has 0 radical (unpaired) electrons. The number of benzene rings is 2. The lowest BCUT2D eigenvalue weighted by atomic mass is 10.1. The molecule has 0 unspecified atom stereocenters. The van der Waals surface area contributed by atoms with Crippen molar-refractivity contribution in [1.82, 2.24) is 9.62 Å². The maximum Gasteiger partial charge on any atom is 0.241 e. The molecule has 2 rings (SSSR count). The van der Waals surface area contributed by atoms with Crippen molar-refractivity contribution < 1.29 is 8.42 Å². The second-order valence-electron chi connectivity index (χ2n) is 6.34. The highest BCUT2D eigenvalue weighted by molar-refractivity contribution is 7.89. The third-order valence-corrected chi connectivity index (χ3v) is 5.76. The molecule has 144 valence electrons. The summed E-state index contributed by atoms with van der Waals surface area (Å²) in [5.41, 5.74) is 12.2. The maximum absolute atomic E-state index is 12.8. The van der Waals surface area contributed by atoms with E-state index in [4.69, 9.17) is 11.5 Å². The van der Waals surface area contributed by atoms with Gasteiger partial charge in [-0.05, 0) is 12.1 Å². The molecular weight excluding hydrogens is 350 g/mol. The minimum atomic E-state index is -3.61. The molecule has 0 aliphatic rings. The predicted octanol–water partition coefficient (Wildman–Crippen LogP) is 0.404. The van der Waals surface area contributed by atoms with E-state index in [-0.39, 0.29) is 0 Å². The highest BCUT2D eigenvalue weighted by Gasteiger charge is 2.18. The molecule has 0 aliphatic heterocycles. The summed E-state index contributed by atoms with van der Waals surface area (Å²) in [5.74, 6) is 0. The summed E-state index contributed by atoms with van der Waals surface area (Å²) in [7, 11) is 0.272. The number of hydrogen-bond donors (Lipinski definition) is 3. The van der Waals surface area contributed by atoms with Crippen LogP contribution in [0, 0.1) is 0 Å². The Bertz CT molecular complexity index is 817. The van der Waals surface area contributed by atoms with Gasteiger partial charge < -0.3 is 16.4 Å². The Morgan fingerprint density at radius 2 is 1.54 bits per heavy atom. The van der Waals surface area contributed by atoms with Crippen LogP contribution in [0.3, 0.4) is 0 Å². The van der Waals surface area contributed by atoms with E-state index in [1.165, 1.54) is 0 Å². The monoisotopic (exact) mass is 379 g/mol. The van der Waals surface area contributed by atoms with Crippen LogP contribution in [-0.2, 0) is 10.0 Å². The Balaban J connectivity index is 2.22.